The van der Waals surface area contributed by atoms with Crippen LogP contribution in [0, 0.1) is 11.8 Å². The second-order valence-corrected chi connectivity index (χ2v) is 10.1. The summed E-state index contributed by atoms with van der Waals surface area (Å²) < 4.78 is 29.4. The Morgan fingerprint density at radius 1 is 1.08 bits per heavy atom. The molecule has 0 amide bonds. The third-order valence-corrected chi connectivity index (χ3v) is 7.03. The van der Waals surface area contributed by atoms with Crippen molar-refractivity contribution in [3.63, 3.8) is 0 Å². The zero-order valence-corrected chi connectivity index (χ0v) is 17.8. The Bertz CT molecular complexity index is 517. The Kier molecular flexibility index (Phi) is 9.50. The van der Waals surface area contributed by atoms with Gasteiger partial charge in [0.1, 0.15) is 0 Å². The van der Waals surface area contributed by atoms with Gasteiger partial charge in [-0.05, 0) is 44.6 Å². The Morgan fingerprint density at radius 2 is 1.54 bits per heavy atom. The standard InChI is InChI=1S/C18H37N3O4S/c1-15(2)6-10-20(11-7-16(3)4)26(24,25)21-12-8-17(9-13-21)19(5)14-18(22)23/h15-17H,6-14H2,1-5H3,(H,22,23). The summed E-state index contributed by atoms with van der Waals surface area (Å²) in [6.45, 7) is 10.5. The largest absolute Gasteiger partial charge is 0.480 e. The van der Waals surface area contributed by atoms with Crippen LogP contribution < -0.4 is 0 Å². The van der Waals surface area contributed by atoms with Gasteiger partial charge in [-0.1, -0.05) is 27.7 Å². The molecule has 26 heavy (non-hydrogen) atoms. The van der Waals surface area contributed by atoms with Crippen LogP contribution in [0.2, 0.25) is 0 Å². The fourth-order valence-electron chi connectivity index (χ4n) is 3.17. The molecule has 0 aromatic carbocycles. The van der Waals surface area contributed by atoms with Crippen LogP contribution in [-0.4, -0.2) is 78.8 Å². The molecule has 1 aliphatic rings. The number of piperidine rings is 1. The quantitative estimate of drug-likeness (QED) is 0.583. The highest BCUT2D eigenvalue weighted by Gasteiger charge is 2.34. The van der Waals surface area contributed by atoms with Crippen LogP contribution in [-0.2, 0) is 15.0 Å². The Morgan fingerprint density at radius 3 is 1.92 bits per heavy atom. The molecule has 8 heteroatoms. The van der Waals surface area contributed by atoms with E-state index in [1.54, 1.807) is 15.7 Å². The van der Waals surface area contributed by atoms with Crippen LogP contribution >= 0.6 is 0 Å². The maximum absolute atomic E-state index is 13.1. The van der Waals surface area contributed by atoms with Crippen LogP contribution in [0.3, 0.4) is 0 Å². The fourth-order valence-corrected chi connectivity index (χ4v) is 4.84. The van der Waals surface area contributed by atoms with Crippen molar-refractivity contribution in [1.82, 2.24) is 13.5 Å². The maximum atomic E-state index is 13.1. The van der Waals surface area contributed by atoms with E-state index in [0.717, 1.165) is 12.8 Å². The maximum Gasteiger partial charge on any atom is 0.317 e. The van der Waals surface area contributed by atoms with Crippen molar-refractivity contribution in [2.45, 2.75) is 59.4 Å². The minimum Gasteiger partial charge on any atom is -0.480 e. The number of aliphatic carboxylic acids is 1. The third kappa shape index (κ3) is 7.50. The van der Waals surface area contributed by atoms with Crippen molar-refractivity contribution in [2.24, 2.45) is 11.8 Å². The van der Waals surface area contributed by atoms with Crippen LogP contribution in [0.5, 0.6) is 0 Å². The van der Waals surface area contributed by atoms with Gasteiger partial charge in [0, 0.05) is 32.2 Å². The molecular weight excluding hydrogens is 354 g/mol. The summed E-state index contributed by atoms with van der Waals surface area (Å²) in [5.41, 5.74) is 0. The van der Waals surface area contributed by atoms with Crippen molar-refractivity contribution in [1.29, 1.82) is 0 Å². The first-order valence-corrected chi connectivity index (χ1v) is 11.1. The van der Waals surface area contributed by atoms with Crippen molar-refractivity contribution >= 4 is 16.2 Å². The fraction of sp³-hybridized carbons (Fsp3) is 0.944. The van der Waals surface area contributed by atoms with E-state index in [1.807, 2.05) is 4.90 Å². The number of carboxylic acid groups (broad SMARTS) is 1. The molecule has 1 saturated heterocycles. The summed E-state index contributed by atoms with van der Waals surface area (Å²) in [5, 5.41) is 8.92. The zero-order chi connectivity index (χ0) is 19.9. The molecule has 0 unspecified atom stereocenters. The number of likely N-dealkylation sites (N-methyl/N-ethyl adjacent to an activating group) is 1. The van der Waals surface area contributed by atoms with E-state index in [9.17, 15) is 13.2 Å². The molecule has 0 atom stereocenters. The monoisotopic (exact) mass is 391 g/mol. The van der Waals surface area contributed by atoms with E-state index in [1.165, 1.54) is 0 Å². The molecule has 0 spiro atoms. The average Bonchev–Trinajstić information content (AvgIpc) is 2.53. The number of hydrogen-bond acceptors (Lipinski definition) is 4. The molecule has 154 valence electrons. The van der Waals surface area contributed by atoms with Gasteiger partial charge in [-0.25, -0.2) is 0 Å². The predicted molar refractivity (Wildman–Crippen MR) is 104 cm³/mol. The first-order valence-electron chi connectivity index (χ1n) is 9.71. The van der Waals surface area contributed by atoms with Crippen LogP contribution in [0.25, 0.3) is 0 Å². The normalized spacial score (nSPS) is 17.7. The van der Waals surface area contributed by atoms with Gasteiger partial charge in [0.15, 0.2) is 0 Å². The van der Waals surface area contributed by atoms with Gasteiger partial charge in [-0.15, -0.1) is 0 Å². The number of nitrogens with zero attached hydrogens (tertiary/aromatic N) is 3. The second kappa shape index (κ2) is 10.6. The molecule has 0 bridgehead atoms. The minimum atomic E-state index is -3.46. The first kappa shape index (κ1) is 23.3. The van der Waals surface area contributed by atoms with E-state index in [4.69, 9.17) is 5.11 Å². The summed E-state index contributed by atoms with van der Waals surface area (Å²) in [5.74, 6) is 0.0698. The Hall–Kier alpha value is -0.700. The molecule has 1 N–H and O–H groups in total. The lowest BCUT2D eigenvalue weighted by molar-refractivity contribution is -0.138. The highest BCUT2D eigenvalue weighted by Crippen LogP contribution is 2.21. The van der Waals surface area contributed by atoms with E-state index < -0.39 is 16.2 Å². The van der Waals surface area contributed by atoms with Gasteiger partial charge >= 0.3 is 5.97 Å². The molecule has 0 radical (unpaired) electrons. The van der Waals surface area contributed by atoms with Gasteiger partial charge in [0.2, 0.25) is 0 Å². The summed E-state index contributed by atoms with van der Waals surface area (Å²) in [4.78, 5) is 12.7. The summed E-state index contributed by atoms with van der Waals surface area (Å²) >= 11 is 0. The van der Waals surface area contributed by atoms with Crippen LogP contribution in [0.4, 0.5) is 0 Å². The van der Waals surface area contributed by atoms with Gasteiger partial charge in [-0.3, -0.25) is 9.69 Å². The topological polar surface area (TPSA) is 81.2 Å². The van der Waals surface area contributed by atoms with Crippen molar-refractivity contribution in [2.75, 3.05) is 39.8 Å². The first-order chi connectivity index (χ1) is 12.0. The molecule has 1 heterocycles. The summed E-state index contributed by atoms with van der Waals surface area (Å²) in [6, 6.07) is 0.123. The second-order valence-electron chi connectivity index (χ2n) is 8.21. The van der Waals surface area contributed by atoms with Crippen molar-refractivity contribution < 1.29 is 18.3 Å². The number of carbonyl (C=O) groups is 1. The molecule has 0 saturated carbocycles. The molecule has 0 aliphatic carbocycles. The van der Waals surface area contributed by atoms with Crippen LogP contribution in [0.1, 0.15) is 53.4 Å². The number of rotatable bonds is 11. The molecule has 0 aromatic rings. The van der Waals surface area contributed by atoms with Crippen LogP contribution in [0.15, 0.2) is 0 Å². The van der Waals surface area contributed by atoms with Gasteiger partial charge < -0.3 is 5.11 Å². The summed E-state index contributed by atoms with van der Waals surface area (Å²) in [7, 11) is -1.66. The molecule has 1 rings (SSSR count). The molecule has 7 nitrogen and oxygen atoms in total. The lowest BCUT2D eigenvalue weighted by atomic mass is 10.1. The van der Waals surface area contributed by atoms with E-state index in [-0.39, 0.29) is 12.6 Å². The lowest BCUT2D eigenvalue weighted by Gasteiger charge is -2.38. The molecule has 1 fully saturated rings. The third-order valence-electron chi connectivity index (χ3n) is 5.00. The Labute approximate surface area is 159 Å². The van der Waals surface area contributed by atoms with Gasteiger partial charge in [0.25, 0.3) is 10.2 Å². The SMILES string of the molecule is CC(C)CCN(CCC(C)C)S(=O)(=O)N1CCC(N(C)CC(=O)O)CC1. The van der Waals surface area contributed by atoms with Gasteiger partial charge in [-0.2, -0.15) is 17.0 Å². The van der Waals surface area contributed by atoms with E-state index in [0.29, 0.717) is 50.9 Å². The zero-order valence-electron chi connectivity index (χ0n) is 17.0. The smallest absolute Gasteiger partial charge is 0.317 e. The average molecular weight is 392 g/mol. The van der Waals surface area contributed by atoms with E-state index in [2.05, 4.69) is 27.7 Å². The Balaban J connectivity index is 2.71. The number of carboxylic acids is 1. The minimum absolute atomic E-state index is 0.00762. The van der Waals surface area contributed by atoms with Crippen molar-refractivity contribution in [3.05, 3.63) is 0 Å². The predicted octanol–water partition coefficient (Wildman–Crippen LogP) is 2.11. The lowest BCUT2D eigenvalue weighted by Crippen LogP contribution is -2.51. The molecule has 1 aliphatic heterocycles. The summed E-state index contributed by atoms with van der Waals surface area (Å²) in [6.07, 6.45) is 3.06. The highest BCUT2D eigenvalue weighted by atomic mass is 32.2. The molecular formula is C18H37N3O4S. The van der Waals surface area contributed by atoms with Crippen molar-refractivity contribution in [3.8, 4) is 0 Å². The molecule has 0 aromatic heterocycles. The highest BCUT2D eigenvalue weighted by molar-refractivity contribution is 7.86. The number of hydrogen-bond donors (Lipinski definition) is 1. The van der Waals surface area contributed by atoms with E-state index >= 15 is 0 Å². The van der Waals surface area contributed by atoms with Gasteiger partial charge in [0.05, 0.1) is 6.54 Å².